The van der Waals surface area contributed by atoms with Crippen LogP contribution in [0.3, 0.4) is 0 Å². The van der Waals surface area contributed by atoms with Crippen molar-refractivity contribution in [3.05, 3.63) is 0 Å². The average Bonchev–Trinajstić information content (AvgIpc) is 2.37. The summed E-state index contributed by atoms with van der Waals surface area (Å²) >= 11 is 0. The fourth-order valence-electron chi connectivity index (χ4n) is 1.69. The molecule has 10 heavy (non-hydrogen) atoms. The minimum absolute atomic E-state index is 0.662. The molecule has 1 N–H and O–H groups in total. The van der Waals surface area contributed by atoms with Gasteiger partial charge in [0.15, 0.2) is 0 Å². The minimum atomic E-state index is 0.662. The van der Waals surface area contributed by atoms with Gasteiger partial charge in [-0.1, -0.05) is 0 Å². The van der Waals surface area contributed by atoms with E-state index >= 15 is 0 Å². The van der Waals surface area contributed by atoms with E-state index in [-0.39, 0.29) is 0 Å². The van der Waals surface area contributed by atoms with Crippen molar-refractivity contribution in [2.24, 2.45) is 5.92 Å². The van der Waals surface area contributed by atoms with E-state index in [1.807, 2.05) is 7.05 Å². The molecule has 58 valence electrons. The normalized spacial score (nSPS) is 32.5. The van der Waals surface area contributed by atoms with Crippen LogP contribution in [0.2, 0.25) is 0 Å². The Bertz CT molecular complexity index is 114. The summed E-state index contributed by atoms with van der Waals surface area (Å²) in [4.78, 5) is 10.1. The summed E-state index contributed by atoms with van der Waals surface area (Å²) in [6, 6.07) is 0.671. The Morgan fingerprint density at radius 1 is 1.60 bits per heavy atom. The molecule has 1 saturated carbocycles. The van der Waals surface area contributed by atoms with Crippen molar-refractivity contribution in [3.63, 3.8) is 0 Å². The number of rotatable bonds is 3. The third-order valence-electron chi connectivity index (χ3n) is 2.38. The van der Waals surface area contributed by atoms with Gasteiger partial charge in [-0.3, -0.25) is 0 Å². The van der Waals surface area contributed by atoms with Gasteiger partial charge in [0.1, 0.15) is 6.29 Å². The first-order valence-corrected chi connectivity index (χ1v) is 3.97. The van der Waals surface area contributed by atoms with Crippen molar-refractivity contribution in [1.29, 1.82) is 0 Å². The first-order valence-electron chi connectivity index (χ1n) is 3.97. The molecule has 0 amide bonds. The van der Waals surface area contributed by atoms with Gasteiger partial charge in [0.25, 0.3) is 0 Å². The maximum absolute atomic E-state index is 10.1. The van der Waals surface area contributed by atoms with Crippen LogP contribution in [0, 0.1) is 5.92 Å². The molecule has 0 radical (unpaired) electrons. The molecule has 0 aromatic rings. The largest absolute Gasteiger partial charge is 0.317 e. The number of carbonyl (C=O) groups excluding carboxylic acids is 1. The van der Waals surface area contributed by atoms with Crippen LogP contribution in [-0.4, -0.2) is 19.4 Å². The third kappa shape index (κ3) is 1.81. The fraction of sp³-hybridized carbons (Fsp3) is 0.875. The topological polar surface area (TPSA) is 29.1 Å². The highest BCUT2D eigenvalue weighted by molar-refractivity contribution is 5.49. The highest BCUT2D eigenvalue weighted by Crippen LogP contribution is 2.26. The highest BCUT2D eigenvalue weighted by atomic mass is 16.1. The molecule has 1 aliphatic carbocycles. The van der Waals surface area contributed by atoms with Crippen molar-refractivity contribution >= 4 is 6.29 Å². The summed E-state index contributed by atoms with van der Waals surface area (Å²) in [5.41, 5.74) is 0. The van der Waals surface area contributed by atoms with Crippen LogP contribution >= 0.6 is 0 Å². The van der Waals surface area contributed by atoms with Crippen LogP contribution < -0.4 is 5.32 Å². The fourth-order valence-corrected chi connectivity index (χ4v) is 1.69. The van der Waals surface area contributed by atoms with Gasteiger partial charge in [0.2, 0.25) is 0 Å². The number of hydrogen-bond donors (Lipinski definition) is 1. The van der Waals surface area contributed by atoms with Crippen LogP contribution in [0.4, 0.5) is 0 Å². The van der Waals surface area contributed by atoms with Gasteiger partial charge in [-0.25, -0.2) is 0 Å². The molecule has 0 bridgehead atoms. The second kappa shape index (κ2) is 3.71. The predicted molar refractivity (Wildman–Crippen MR) is 40.9 cm³/mol. The number of carbonyl (C=O) groups is 1. The third-order valence-corrected chi connectivity index (χ3v) is 2.38. The maximum atomic E-state index is 10.1. The Balaban J connectivity index is 2.21. The molecule has 0 aromatic heterocycles. The lowest BCUT2D eigenvalue weighted by atomic mass is 10.1. The Labute approximate surface area is 62.0 Å². The molecule has 1 aliphatic rings. The molecule has 1 rings (SSSR count). The summed E-state index contributed by atoms with van der Waals surface area (Å²) in [7, 11) is 1.99. The van der Waals surface area contributed by atoms with E-state index in [0.717, 1.165) is 12.7 Å². The summed E-state index contributed by atoms with van der Waals surface area (Å²) in [6.07, 6.45) is 5.47. The zero-order valence-electron chi connectivity index (χ0n) is 6.47. The summed E-state index contributed by atoms with van der Waals surface area (Å²) < 4.78 is 0. The highest BCUT2D eigenvalue weighted by Gasteiger charge is 2.22. The van der Waals surface area contributed by atoms with Crippen molar-refractivity contribution in [2.75, 3.05) is 7.05 Å². The molecule has 0 saturated heterocycles. The molecule has 0 heterocycles. The monoisotopic (exact) mass is 141 g/mol. The molecule has 1 fully saturated rings. The van der Waals surface area contributed by atoms with E-state index in [1.165, 1.54) is 19.3 Å². The average molecular weight is 141 g/mol. The standard InChI is InChI=1S/C8H15NO/c1-9-8-3-2-7(6-8)4-5-10/h5,7-9H,2-4,6H2,1H3. The SMILES string of the molecule is CNC1CCC(CC=O)C1. The van der Waals surface area contributed by atoms with Crippen molar-refractivity contribution < 1.29 is 4.79 Å². The van der Waals surface area contributed by atoms with Gasteiger partial charge >= 0.3 is 0 Å². The van der Waals surface area contributed by atoms with E-state index in [0.29, 0.717) is 12.0 Å². The first-order chi connectivity index (χ1) is 4.86. The lowest BCUT2D eigenvalue weighted by molar-refractivity contribution is -0.108. The first kappa shape index (κ1) is 7.73. The molecule has 2 heteroatoms. The number of nitrogens with one attached hydrogen (secondary N) is 1. The predicted octanol–water partition coefficient (Wildman–Crippen LogP) is 0.964. The van der Waals surface area contributed by atoms with Crippen LogP contribution in [0.5, 0.6) is 0 Å². The van der Waals surface area contributed by atoms with Gasteiger partial charge in [-0.2, -0.15) is 0 Å². The van der Waals surface area contributed by atoms with Crippen molar-refractivity contribution in [2.45, 2.75) is 31.7 Å². The molecule has 2 atom stereocenters. The van der Waals surface area contributed by atoms with Crippen LogP contribution in [0.1, 0.15) is 25.7 Å². The minimum Gasteiger partial charge on any atom is -0.317 e. The molecular weight excluding hydrogens is 126 g/mol. The summed E-state index contributed by atoms with van der Waals surface area (Å²) in [6.45, 7) is 0. The van der Waals surface area contributed by atoms with Gasteiger partial charge in [-0.05, 0) is 32.2 Å². The molecule has 0 aromatic carbocycles. The lowest BCUT2D eigenvalue weighted by Crippen LogP contribution is -2.21. The molecule has 0 spiro atoms. The van der Waals surface area contributed by atoms with Crippen molar-refractivity contribution in [3.8, 4) is 0 Å². The Morgan fingerprint density at radius 3 is 2.90 bits per heavy atom. The second-order valence-electron chi connectivity index (χ2n) is 3.07. The van der Waals surface area contributed by atoms with E-state index in [4.69, 9.17) is 0 Å². The second-order valence-corrected chi connectivity index (χ2v) is 3.07. The Hall–Kier alpha value is -0.370. The molecular formula is C8H15NO. The molecule has 0 aliphatic heterocycles. The van der Waals surface area contributed by atoms with E-state index in [1.54, 1.807) is 0 Å². The van der Waals surface area contributed by atoms with E-state index < -0.39 is 0 Å². The molecule has 2 unspecified atom stereocenters. The zero-order chi connectivity index (χ0) is 7.40. The van der Waals surface area contributed by atoms with Gasteiger partial charge < -0.3 is 10.1 Å². The molecule has 2 nitrogen and oxygen atoms in total. The van der Waals surface area contributed by atoms with Crippen molar-refractivity contribution in [1.82, 2.24) is 5.32 Å². The van der Waals surface area contributed by atoms with Gasteiger partial charge in [-0.15, -0.1) is 0 Å². The maximum Gasteiger partial charge on any atom is 0.120 e. The van der Waals surface area contributed by atoms with E-state index in [2.05, 4.69) is 5.32 Å². The Kier molecular flexibility index (Phi) is 2.87. The van der Waals surface area contributed by atoms with Crippen LogP contribution in [0.25, 0.3) is 0 Å². The zero-order valence-corrected chi connectivity index (χ0v) is 6.47. The smallest absolute Gasteiger partial charge is 0.120 e. The lowest BCUT2D eigenvalue weighted by Gasteiger charge is -2.06. The number of hydrogen-bond acceptors (Lipinski definition) is 2. The van der Waals surface area contributed by atoms with Gasteiger partial charge in [0.05, 0.1) is 0 Å². The van der Waals surface area contributed by atoms with E-state index in [9.17, 15) is 4.79 Å². The Morgan fingerprint density at radius 2 is 2.40 bits per heavy atom. The summed E-state index contributed by atoms with van der Waals surface area (Å²) in [5, 5.41) is 3.24. The summed E-state index contributed by atoms with van der Waals surface area (Å²) in [5.74, 6) is 0.662. The van der Waals surface area contributed by atoms with Gasteiger partial charge in [0, 0.05) is 12.5 Å². The quantitative estimate of drug-likeness (QED) is 0.593. The number of aldehydes is 1. The van der Waals surface area contributed by atoms with Crippen LogP contribution in [0.15, 0.2) is 0 Å². The van der Waals surface area contributed by atoms with Crippen LogP contribution in [-0.2, 0) is 4.79 Å².